The van der Waals surface area contributed by atoms with Crippen LogP contribution in [0.25, 0.3) is 0 Å². The molecule has 2 N–H and O–H groups in total. The van der Waals surface area contributed by atoms with Gasteiger partial charge in [0.1, 0.15) is 5.75 Å². The molecular weight excluding hydrogens is 328 g/mol. The number of methoxy groups -OCH3 is 1. The van der Waals surface area contributed by atoms with Gasteiger partial charge < -0.3 is 15.4 Å². The molecule has 0 aliphatic heterocycles. The van der Waals surface area contributed by atoms with Crippen LogP contribution in [0.2, 0.25) is 5.02 Å². The Bertz CT molecular complexity index is 770. The van der Waals surface area contributed by atoms with Crippen molar-refractivity contribution >= 4 is 34.8 Å². The Morgan fingerprint density at radius 1 is 1.08 bits per heavy atom. The fraction of sp³-hybridized carbons (Fsp3) is 0.222. The molecule has 1 saturated carbocycles. The topological polar surface area (TPSA) is 67.4 Å². The molecule has 0 spiro atoms. The van der Waals surface area contributed by atoms with E-state index in [1.54, 1.807) is 49.6 Å². The summed E-state index contributed by atoms with van der Waals surface area (Å²) in [4.78, 5) is 24.2. The molecule has 5 nitrogen and oxygen atoms in total. The highest BCUT2D eigenvalue weighted by Crippen LogP contribution is 2.32. The Hall–Kier alpha value is -2.53. The third kappa shape index (κ3) is 3.86. The highest BCUT2D eigenvalue weighted by molar-refractivity contribution is 6.34. The molecule has 3 rings (SSSR count). The molecule has 1 aliphatic rings. The van der Waals surface area contributed by atoms with Crippen LogP contribution in [0.3, 0.4) is 0 Å². The van der Waals surface area contributed by atoms with Crippen LogP contribution in [0, 0.1) is 5.92 Å². The van der Waals surface area contributed by atoms with Crippen LogP contribution < -0.4 is 15.4 Å². The van der Waals surface area contributed by atoms with Gasteiger partial charge in [0.2, 0.25) is 5.91 Å². The highest BCUT2D eigenvalue weighted by atomic mass is 35.5. The molecular formula is C18H17ClN2O3. The predicted octanol–water partition coefficient (Wildman–Crippen LogP) is 3.95. The van der Waals surface area contributed by atoms with Gasteiger partial charge in [-0.2, -0.15) is 0 Å². The molecule has 24 heavy (non-hydrogen) atoms. The number of carbonyl (C=O) groups is 2. The van der Waals surface area contributed by atoms with Crippen molar-refractivity contribution in [3.8, 4) is 5.75 Å². The van der Waals surface area contributed by atoms with Crippen molar-refractivity contribution in [2.45, 2.75) is 12.8 Å². The minimum absolute atomic E-state index is 0.0513. The van der Waals surface area contributed by atoms with E-state index in [1.165, 1.54) is 0 Å². The van der Waals surface area contributed by atoms with Crippen molar-refractivity contribution in [2.24, 2.45) is 5.92 Å². The maximum Gasteiger partial charge on any atom is 0.255 e. The van der Waals surface area contributed by atoms with Crippen molar-refractivity contribution in [1.29, 1.82) is 0 Å². The first kappa shape index (κ1) is 16.3. The summed E-state index contributed by atoms with van der Waals surface area (Å²) in [5.74, 6) is 0.450. The lowest BCUT2D eigenvalue weighted by Gasteiger charge is -2.10. The van der Waals surface area contributed by atoms with Crippen molar-refractivity contribution in [3.63, 3.8) is 0 Å². The van der Waals surface area contributed by atoms with Gasteiger partial charge in [-0.15, -0.1) is 0 Å². The van der Waals surface area contributed by atoms with Gasteiger partial charge in [-0.3, -0.25) is 9.59 Å². The molecule has 2 amide bonds. The lowest BCUT2D eigenvalue weighted by molar-refractivity contribution is -0.117. The summed E-state index contributed by atoms with van der Waals surface area (Å²) in [6, 6.07) is 11.8. The summed E-state index contributed by atoms with van der Waals surface area (Å²) < 4.78 is 5.08. The predicted molar refractivity (Wildman–Crippen MR) is 93.8 cm³/mol. The number of rotatable bonds is 5. The Morgan fingerprint density at radius 2 is 1.79 bits per heavy atom. The Morgan fingerprint density at radius 3 is 2.42 bits per heavy atom. The molecule has 2 aromatic rings. The molecule has 124 valence electrons. The van der Waals surface area contributed by atoms with E-state index in [9.17, 15) is 9.59 Å². The number of nitrogens with one attached hydrogen (secondary N) is 2. The van der Waals surface area contributed by atoms with Crippen LogP contribution in [-0.4, -0.2) is 18.9 Å². The van der Waals surface area contributed by atoms with E-state index >= 15 is 0 Å². The number of carbonyl (C=O) groups excluding carboxylic acids is 2. The Labute approximate surface area is 145 Å². The first-order chi connectivity index (χ1) is 11.6. The zero-order valence-corrected chi connectivity index (χ0v) is 13.9. The summed E-state index contributed by atoms with van der Waals surface area (Å²) in [7, 11) is 1.58. The first-order valence-electron chi connectivity index (χ1n) is 7.62. The van der Waals surface area contributed by atoms with Crippen LogP contribution in [-0.2, 0) is 4.79 Å². The summed E-state index contributed by atoms with van der Waals surface area (Å²) in [6.07, 6.45) is 1.81. The first-order valence-corrected chi connectivity index (χ1v) is 8.00. The molecule has 0 radical (unpaired) electrons. The largest absolute Gasteiger partial charge is 0.497 e. The average molecular weight is 345 g/mol. The molecule has 1 aliphatic carbocycles. The average Bonchev–Trinajstić information content (AvgIpc) is 3.42. The van der Waals surface area contributed by atoms with E-state index in [2.05, 4.69) is 10.6 Å². The molecule has 0 atom stereocenters. The Kier molecular flexibility index (Phi) is 4.71. The fourth-order valence-electron chi connectivity index (χ4n) is 2.22. The zero-order chi connectivity index (χ0) is 17.1. The molecule has 0 saturated heterocycles. The third-order valence-corrected chi connectivity index (χ3v) is 4.11. The highest BCUT2D eigenvalue weighted by Gasteiger charge is 2.30. The lowest BCUT2D eigenvalue weighted by atomic mass is 10.1. The number of anilines is 2. The van der Waals surface area contributed by atoms with Gasteiger partial charge in [-0.1, -0.05) is 11.6 Å². The van der Waals surface area contributed by atoms with E-state index in [-0.39, 0.29) is 17.7 Å². The van der Waals surface area contributed by atoms with Crippen LogP contribution >= 0.6 is 11.6 Å². The minimum atomic E-state index is -0.279. The molecule has 0 aromatic heterocycles. The second-order valence-corrected chi connectivity index (χ2v) is 6.05. The van der Waals surface area contributed by atoms with Crippen molar-refractivity contribution in [1.82, 2.24) is 0 Å². The summed E-state index contributed by atoms with van der Waals surface area (Å²) >= 11 is 6.10. The maximum absolute atomic E-state index is 12.4. The van der Waals surface area contributed by atoms with E-state index in [0.29, 0.717) is 27.7 Å². The monoisotopic (exact) mass is 344 g/mol. The molecule has 1 fully saturated rings. The number of halogens is 1. The molecule has 0 unspecified atom stereocenters. The van der Waals surface area contributed by atoms with Gasteiger partial charge >= 0.3 is 0 Å². The minimum Gasteiger partial charge on any atom is -0.497 e. The van der Waals surface area contributed by atoms with Crippen LogP contribution in [0.4, 0.5) is 11.4 Å². The summed E-state index contributed by atoms with van der Waals surface area (Å²) in [6.45, 7) is 0. The number of hydrogen-bond acceptors (Lipinski definition) is 3. The van der Waals surface area contributed by atoms with E-state index in [4.69, 9.17) is 16.3 Å². The van der Waals surface area contributed by atoms with E-state index < -0.39 is 0 Å². The molecule has 0 heterocycles. The van der Waals surface area contributed by atoms with Crippen molar-refractivity contribution in [2.75, 3.05) is 17.7 Å². The zero-order valence-electron chi connectivity index (χ0n) is 13.1. The fourth-order valence-corrected chi connectivity index (χ4v) is 2.39. The van der Waals surface area contributed by atoms with E-state index in [0.717, 1.165) is 12.8 Å². The second kappa shape index (κ2) is 6.93. The summed E-state index contributed by atoms with van der Waals surface area (Å²) in [5.41, 5.74) is 1.52. The van der Waals surface area contributed by atoms with Crippen LogP contribution in [0.5, 0.6) is 5.75 Å². The third-order valence-electron chi connectivity index (χ3n) is 3.78. The number of ether oxygens (including phenoxy) is 1. The van der Waals surface area contributed by atoms with Crippen LogP contribution in [0.15, 0.2) is 42.5 Å². The molecule has 2 aromatic carbocycles. The normalized spacial score (nSPS) is 13.2. The Balaban J connectivity index is 1.72. The van der Waals surface area contributed by atoms with Gasteiger partial charge in [0.05, 0.1) is 17.8 Å². The van der Waals surface area contributed by atoms with Gasteiger partial charge in [0.15, 0.2) is 0 Å². The standard InChI is InChI=1S/C18H17ClN2O3/c1-24-14-7-5-13(6-8-14)20-18(23)12-4-9-15(19)16(10-12)21-17(22)11-2-3-11/h4-11H,2-3H2,1H3,(H,20,23)(H,21,22). The summed E-state index contributed by atoms with van der Waals surface area (Å²) in [5, 5.41) is 5.98. The van der Waals surface area contributed by atoms with Gasteiger partial charge in [-0.05, 0) is 55.3 Å². The number of hydrogen-bond donors (Lipinski definition) is 2. The SMILES string of the molecule is COc1ccc(NC(=O)c2ccc(Cl)c(NC(=O)C3CC3)c2)cc1. The van der Waals surface area contributed by atoms with Crippen LogP contribution in [0.1, 0.15) is 23.2 Å². The van der Waals surface area contributed by atoms with Crippen molar-refractivity contribution < 1.29 is 14.3 Å². The van der Waals surface area contributed by atoms with Gasteiger partial charge in [0, 0.05) is 17.2 Å². The number of benzene rings is 2. The quantitative estimate of drug-likeness (QED) is 0.863. The van der Waals surface area contributed by atoms with Gasteiger partial charge in [-0.25, -0.2) is 0 Å². The van der Waals surface area contributed by atoms with Gasteiger partial charge in [0.25, 0.3) is 5.91 Å². The van der Waals surface area contributed by atoms with E-state index in [1.807, 2.05) is 0 Å². The van der Waals surface area contributed by atoms with Crippen molar-refractivity contribution in [3.05, 3.63) is 53.1 Å². The molecule has 6 heteroatoms. The second-order valence-electron chi connectivity index (χ2n) is 5.64. The smallest absolute Gasteiger partial charge is 0.255 e. The maximum atomic E-state index is 12.4. The number of amides is 2. The molecule has 0 bridgehead atoms. The lowest BCUT2D eigenvalue weighted by Crippen LogP contribution is -2.16.